The SMILES string of the molecule is CC(C)S(=O)(=O)NCCCCC(=O)Nc1ccc(NS(=O)(=O)C(C)(C)C)cc1. The van der Waals surface area contributed by atoms with Crippen molar-refractivity contribution in [3.8, 4) is 0 Å². The van der Waals surface area contributed by atoms with Crippen LogP contribution in [0.3, 0.4) is 0 Å². The Morgan fingerprint density at radius 3 is 2.00 bits per heavy atom. The van der Waals surface area contributed by atoms with Crippen LogP contribution in [0.15, 0.2) is 24.3 Å². The monoisotopic (exact) mass is 433 g/mol. The van der Waals surface area contributed by atoms with Gasteiger partial charge in [-0.15, -0.1) is 0 Å². The van der Waals surface area contributed by atoms with Crippen molar-refractivity contribution in [3.05, 3.63) is 24.3 Å². The van der Waals surface area contributed by atoms with Crippen molar-refractivity contribution >= 4 is 37.3 Å². The molecule has 0 aromatic heterocycles. The third-order valence-corrected chi connectivity index (χ3v) is 7.95. The minimum atomic E-state index is -3.51. The Morgan fingerprint density at radius 2 is 1.50 bits per heavy atom. The largest absolute Gasteiger partial charge is 0.326 e. The van der Waals surface area contributed by atoms with Gasteiger partial charge in [0.1, 0.15) is 0 Å². The number of benzene rings is 1. The molecule has 0 bridgehead atoms. The Bertz CT molecular complexity index is 855. The fourth-order valence-electron chi connectivity index (χ4n) is 1.94. The van der Waals surface area contributed by atoms with E-state index in [0.717, 1.165) is 0 Å². The van der Waals surface area contributed by atoms with Crippen LogP contribution in [-0.2, 0) is 24.8 Å². The summed E-state index contributed by atoms with van der Waals surface area (Å²) in [5.41, 5.74) is 0.981. The number of anilines is 2. The van der Waals surface area contributed by atoms with E-state index in [1.807, 2.05) is 0 Å². The highest BCUT2D eigenvalue weighted by Gasteiger charge is 2.28. The lowest BCUT2D eigenvalue weighted by Gasteiger charge is -2.20. The first-order valence-electron chi connectivity index (χ1n) is 9.15. The van der Waals surface area contributed by atoms with Crippen molar-refractivity contribution < 1.29 is 21.6 Å². The molecule has 160 valence electrons. The van der Waals surface area contributed by atoms with Gasteiger partial charge in [-0.1, -0.05) is 0 Å². The molecule has 0 aliphatic carbocycles. The van der Waals surface area contributed by atoms with Crippen molar-refractivity contribution in [2.24, 2.45) is 0 Å². The summed E-state index contributed by atoms with van der Waals surface area (Å²) in [7, 11) is -6.78. The molecular formula is C18H31N3O5S2. The maximum atomic E-state index is 12.1. The van der Waals surface area contributed by atoms with Crippen LogP contribution in [0.1, 0.15) is 53.9 Å². The van der Waals surface area contributed by atoms with Crippen LogP contribution in [0.4, 0.5) is 11.4 Å². The standard InChI is InChI=1S/C18H31N3O5S2/c1-14(2)27(23,24)19-13-7-6-8-17(22)20-15-9-11-16(12-10-15)21-28(25,26)18(3,4)5/h9-12,14,19,21H,6-8,13H2,1-5H3,(H,20,22). The van der Waals surface area contributed by atoms with Gasteiger partial charge in [-0.05, 0) is 71.7 Å². The summed E-state index contributed by atoms with van der Waals surface area (Å²) in [6.07, 6.45) is 1.38. The molecule has 1 aromatic carbocycles. The molecular weight excluding hydrogens is 402 g/mol. The van der Waals surface area contributed by atoms with E-state index < -0.39 is 30.0 Å². The van der Waals surface area contributed by atoms with E-state index in [1.165, 1.54) is 0 Å². The Morgan fingerprint density at radius 1 is 0.964 bits per heavy atom. The average molecular weight is 434 g/mol. The fourth-order valence-corrected chi connectivity index (χ4v) is 3.46. The minimum Gasteiger partial charge on any atom is -0.326 e. The van der Waals surface area contributed by atoms with Crippen molar-refractivity contribution in [3.63, 3.8) is 0 Å². The van der Waals surface area contributed by atoms with Gasteiger partial charge >= 0.3 is 0 Å². The molecule has 3 N–H and O–H groups in total. The molecule has 0 unspecified atom stereocenters. The molecule has 0 aliphatic heterocycles. The van der Waals surface area contributed by atoms with Crippen LogP contribution in [0.5, 0.6) is 0 Å². The van der Waals surface area contributed by atoms with Crippen LogP contribution in [0.2, 0.25) is 0 Å². The fraction of sp³-hybridized carbons (Fsp3) is 0.611. The first-order valence-corrected chi connectivity index (χ1v) is 12.2. The highest BCUT2D eigenvalue weighted by atomic mass is 32.2. The predicted octanol–water partition coefficient (Wildman–Crippen LogP) is 2.66. The zero-order valence-electron chi connectivity index (χ0n) is 17.1. The summed E-state index contributed by atoms with van der Waals surface area (Å²) in [6.45, 7) is 8.34. The maximum absolute atomic E-state index is 12.1. The first-order chi connectivity index (χ1) is 12.7. The summed E-state index contributed by atoms with van der Waals surface area (Å²) in [5.74, 6) is -0.185. The topological polar surface area (TPSA) is 121 Å². The van der Waals surface area contributed by atoms with Gasteiger partial charge in [0.2, 0.25) is 26.0 Å². The van der Waals surface area contributed by atoms with Crippen LogP contribution in [0.25, 0.3) is 0 Å². The Balaban J connectivity index is 2.43. The summed E-state index contributed by atoms with van der Waals surface area (Å²) >= 11 is 0. The highest BCUT2D eigenvalue weighted by Crippen LogP contribution is 2.21. The number of hydrogen-bond donors (Lipinski definition) is 3. The van der Waals surface area contributed by atoms with Gasteiger partial charge < -0.3 is 5.32 Å². The number of sulfonamides is 2. The molecule has 28 heavy (non-hydrogen) atoms. The van der Waals surface area contributed by atoms with E-state index in [9.17, 15) is 21.6 Å². The Kier molecular flexibility index (Phi) is 8.45. The predicted molar refractivity (Wildman–Crippen MR) is 113 cm³/mol. The first kappa shape index (κ1) is 24.4. The van der Waals surface area contributed by atoms with Crippen LogP contribution < -0.4 is 14.8 Å². The van der Waals surface area contributed by atoms with E-state index in [-0.39, 0.29) is 12.3 Å². The second-order valence-corrected chi connectivity index (χ2v) is 12.5. The molecule has 1 amide bonds. The lowest BCUT2D eigenvalue weighted by Crippen LogP contribution is -2.33. The molecule has 1 rings (SSSR count). The third-order valence-electron chi connectivity index (χ3n) is 3.98. The lowest BCUT2D eigenvalue weighted by molar-refractivity contribution is -0.116. The minimum absolute atomic E-state index is 0.185. The van der Waals surface area contributed by atoms with Gasteiger partial charge in [0.15, 0.2) is 0 Å². The molecule has 0 aliphatic rings. The molecule has 0 fully saturated rings. The summed E-state index contributed by atoms with van der Waals surface area (Å²) < 4.78 is 51.6. The second-order valence-electron chi connectivity index (χ2n) is 7.79. The van der Waals surface area contributed by atoms with Crippen molar-refractivity contribution in [2.45, 2.75) is 63.9 Å². The lowest BCUT2D eigenvalue weighted by atomic mass is 10.2. The van der Waals surface area contributed by atoms with Crippen LogP contribution in [0, 0.1) is 0 Å². The molecule has 0 atom stereocenters. The van der Waals surface area contributed by atoms with Gasteiger partial charge in [0.05, 0.1) is 10.00 Å². The molecule has 0 spiro atoms. The van der Waals surface area contributed by atoms with Crippen molar-refractivity contribution in [1.29, 1.82) is 0 Å². The molecule has 0 saturated heterocycles. The molecule has 0 radical (unpaired) electrons. The number of rotatable bonds is 10. The van der Waals surface area contributed by atoms with Crippen molar-refractivity contribution in [1.82, 2.24) is 4.72 Å². The van der Waals surface area contributed by atoms with E-state index in [4.69, 9.17) is 0 Å². The van der Waals surface area contributed by atoms with E-state index >= 15 is 0 Å². The maximum Gasteiger partial charge on any atom is 0.237 e. The smallest absolute Gasteiger partial charge is 0.237 e. The van der Waals surface area contributed by atoms with Crippen LogP contribution >= 0.6 is 0 Å². The molecule has 0 saturated carbocycles. The van der Waals surface area contributed by atoms with Gasteiger partial charge in [-0.2, -0.15) is 0 Å². The summed E-state index contributed by atoms with van der Waals surface area (Å²) in [5, 5.41) is 2.25. The van der Waals surface area contributed by atoms with Crippen LogP contribution in [-0.4, -0.2) is 39.3 Å². The zero-order chi connectivity index (χ0) is 21.6. The molecule has 1 aromatic rings. The zero-order valence-corrected chi connectivity index (χ0v) is 18.7. The normalized spacial score (nSPS) is 12.8. The van der Waals surface area contributed by atoms with E-state index in [1.54, 1.807) is 58.9 Å². The summed E-state index contributed by atoms with van der Waals surface area (Å²) in [4.78, 5) is 12.0. The number of nitrogens with one attached hydrogen (secondary N) is 3. The van der Waals surface area contributed by atoms with E-state index in [2.05, 4.69) is 14.8 Å². The Labute approximate surface area is 168 Å². The molecule has 10 heteroatoms. The van der Waals surface area contributed by atoms with Gasteiger partial charge in [0, 0.05) is 24.3 Å². The summed E-state index contributed by atoms with van der Waals surface area (Å²) in [6, 6.07) is 6.41. The average Bonchev–Trinajstić information content (AvgIpc) is 2.54. The number of unbranched alkanes of at least 4 members (excludes halogenated alkanes) is 1. The quantitative estimate of drug-likeness (QED) is 0.490. The van der Waals surface area contributed by atoms with E-state index in [0.29, 0.717) is 30.8 Å². The number of carbonyl (C=O) groups is 1. The van der Waals surface area contributed by atoms with Gasteiger partial charge in [0.25, 0.3) is 0 Å². The number of amides is 1. The van der Waals surface area contributed by atoms with Gasteiger partial charge in [-0.25, -0.2) is 21.6 Å². The molecule has 8 nitrogen and oxygen atoms in total. The highest BCUT2D eigenvalue weighted by molar-refractivity contribution is 7.94. The number of carbonyl (C=O) groups excluding carboxylic acids is 1. The molecule has 0 heterocycles. The van der Waals surface area contributed by atoms with Crippen molar-refractivity contribution in [2.75, 3.05) is 16.6 Å². The Hall–Kier alpha value is -1.65. The third kappa shape index (κ3) is 7.76. The van der Waals surface area contributed by atoms with Gasteiger partial charge in [-0.3, -0.25) is 9.52 Å². The number of hydrogen-bond acceptors (Lipinski definition) is 5. The second kappa shape index (κ2) is 9.71.